The number of halogens is 1. The molecule has 2 aromatic rings. The number of aromatic nitrogens is 1. The van der Waals surface area contributed by atoms with Crippen molar-refractivity contribution in [2.24, 2.45) is 5.73 Å². The molecule has 0 spiro atoms. The Morgan fingerprint density at radius 2 is 1.87 bits per heavy atom. The highest BCUT2D eigenvalue weighted by atomic mass is 32.1. The zero-order valence-electron chi connectivity index (χ0n) is 12.2. The molecule has 0 bridgehead atoms. The van der Waals surface area contributed by atoms with Gasteiger partial charge < -0.3 is 16.4 Å². The molecule has 0 saturated carbocycles. The largest absolute Gasteiger partial charge is 0.376 e. The summed E-state index contributed by atoms with van der Waals surface area (Å²) in [5.74, 6) is -0.178. The van der Waals surface area contributed by atoms with E-state index < -0.39 is 0 Å². The van der Waals surface area contributed by atoms with E-state index in [1.165, 1.54) is 0 Å². The molecule has 118 valence electrons. The van der Waals surface area contributed by atoms with Crippen LogP contribution in [0.2, 0.25) is 0 Å². The lowest BCUT2D eigenvalue weighted by molar-refractivity contribution is 0.613. The fraction of sp³-hybridized carbons (Fsp3) is 0.188. The summed E-state index contributed by atoms with van der Waals surface area (Å²) in [5.41, 5.74) is 9.59. The van der Waals surface area contributed by atoms with Gasteiger partial charge in [-0.2, -0.15) is 0 Å². The molecular formula is C16H15FN4S2. The number of nitrogens with zero attached hydrogens (tertiary/aromatic N) is 1. The van der Waals surface area contributed by atoms with Gasteiger partial charge in [0.1, 0.15) is 5.82 Å². The number of hydrogen-bond donors (Lipinski definition) is 3. The van der Waals surface area contributed by atoms with Crippen molar-refractivity contribution < 1.29 is 4.39 Å². The molecule has 0 fully saturated rings. The standard InChI is InChI=1S/C16H15FN4S2/c17-13-8-12(9-4-6-19-7-5-9)14(11-3-1-2-10(11)13)20-16(23)21-15(18)22/h4-8H,1-3H2,(H4,18,20,21,22,23). The van der Waals surface area contributed by atoms with Crippen molar-refractivity contribution >= 4 is 40.3 Å². The first kappa shape index (κ1) is 15.8. The van der Waals surface area contributed by atoms with Crippen LogP contribution in [0.3, 0.4) is 0 Å². The first-order chi connectivity index (χ1) is 11.1. The number of rotatable bonds is 2. The van der Waals surface area contributed by atoms with E-state index in [1.807, 2.05) is 12.1 Å². The minimum Gasteiger partial charge on any atom is -0.376 e. The summed E-state index contributed by atoms with van der Waals surface area (Å²) in [7, 11) is 0. The number of anilines is 1. The molecule has 0 amide bonds. The van der Waals surface area contributed by atoms with Crippen LogP contribution in [0.15, 0.2) is 30.6 Å². The predicted octanol–water partition coefficient (Wildman–Crippen LogP) is 2.91. The Bertz CT molecular complexity index is 777. The first-order valence-electron chi connectivity index (χ1n) is 7.18. The van der Waals surface area contributed by atoms with Crippen molar-refractivity contribution in [2.75, 3.05) is 5.32 Å². The molecule has 7 heteroatoms. The lowest BCUT2D eigenvalue weighted by Crippen LogP contribution is -2.38. The van der Waals surface area contributed by atoms with Gasteiger partial charge in [0.2, 0.25) is 0 Å². The Balaban J connectivity index is 2.10. The van der Waals surface area contributed by atoms with Gasteiger partial charge in [-0.05, 0) is 78.6 Å². The fourth-order valence-electron chi connectivity index (χ4n) is 2.89. The minimum atomic E-state index is -0.178. The Morgan fingerprint density at radius 1 is 1.17 bits per heavy atom. The van der Waals surface area contributed by atoms with Crippen LogP contribution in [0.1, 0.15) is 17.5 Å². The SMILES string of the molecule is NC(=S)NC(=S)Nc1c(-c2ccncc2)cc(F)c2c1CCC2. The maximum Gasteiger partial charge on any atom is 0.177 e. The number of pyridine rings is 1. The topological polar surface area (TPSA) is 63.0 Å². The smallest absolute Gasteiger partial charge is 0.177 e. The Labute approximate surface area is 144 Å². The van der Waals surface area contributed by atoms with Gasteiger partial charge in [0.15, 0.2) is 10.2 Å². The van der Waals surface area contributed by atoms with Crippen molar-refractivity contribution in [1.82, 2.24) is 10.3 Å². The molecule has 0 saturated heterocycles. The van der Waals surface area contributed by atoms with Crippen molar-refractivity contribution in [1.29, 1.82) is 0 Å². The van der Waals surface area contributed by atoms with Gasteiger partial charge in [-0.15, -0.1) is 0 Å². The maximum absolute atomic E-state index is 14.4. The van der Waals surface area contributed by atoms with Gasteiger partial charge in [0.25, 0.3) is 0 Å². The van der Waals surface area contributed by atoms with E-state index in [0.717, 1.165) is 47.2 Å². The Kier molecular flexibility index (Phi) is 4.49. The molecule has 1 aromatic carbocycles. The minimum absolute atomic E-state index is 0.0896. The van der Waals surface area contributed by atoms with Crippen molar-refractivity contribution in [3.05, 3.63) is 47.5 Å². The molecule has 1 aliphatic carbocycles. The summed E-state index contributed by atoms with van der Waals surface area (Å²) in [5, 5.41) is 6.22. The molecule has 23 heavy (non-hydrogen) atoms. The third-order valence-electron chi connectivity index (χ3n) is 3.81. The molecule has 1 aliphatic rings. The summed E-state index contributed by atoms with van der Waals surface area (Å²) < 4.78 is 14.4. The molecule has 4 nitrogen and oxygen atoms in total. The molecule has 1 aromatic heterocycles. The number of hydrogen-bond acceptors (Lipinski definition) is 3. The lowest BCUT2D eigenvalue weighted by Gasteiger charge is -2.18. The molecule has 0 atom stereocenters. The molecule has 1 heterocycles. The van der Waals surface area contributed by atoms with Crippen LogP contribution in [-0.4, -0.2) is 15.2 Å². The van der Waals surface area contributed by atoms with E-state index in [4.69, 9.17) is 30.2 Å². The van der Waals surface area contributed by atoms with E-state index in [9.17, 15) is 4.39 Å². The van der Waals surface area contributed by atoms with Crippen LogP contribution in [-0.2, 0) is 12.8 Å². The molecule has 0 unspecified atom stereocenters. The van der Waals surface area contributed by atoms with Crippen LogP contribution >= 0.6 is 24.4 Å². The Morgan fingerprint density at radius 3 is 2.57 bits per heavy atom. The van der Waals surface area contributed by atoms with E-state index >= 15 is 0 Å². The van der Waals surface area contributed by atoms with Crippen LogP contribution in [0.4, 0.5) is 10.1 Å². The van der Waals surface area contributed by atoms with Crippen LogP contribution in [0.5, 0.6) is 0 Å². The second-order valence-corrected chi connectivity index (χ2v) is 6.12. The van der Waals surface area contributed by atoms with Gasteiger partial charge in [-0.1, -0.05) is 0 Å². The number of nitrogens with one attached hydrogen (secondary N) is 2. The second-order valence-electron chi connectivity index (χ2n) is 5.27. The molecule has 3 rings (SSSR count). The normalized spacial score (nSPS) is 12.6. The quantitative estimate of drug-likeness (QED) is 0.727. The van der Waals surface area contributed by atoms with Gasteiger partial charge in [0, 0.05) is 18.0 Å². The summed E-state index contributed by atoms with van der Waals surface area (Å²) in [6.45, 7) is 0. The van der Waals surface area contributed by atoms with Gasteiger partial charge in [0.05, 0.1) is 5.69 Å². The summed E-state index contributed by atoms with van der Waals surface area (Å²) in [4.78, 5) is 4.01. The first-order valence-corrected chi connectivity index (χ1v) is 8.00. The third kappa shape index (κ3) is 3.30. The zero-order chi connectivity index (χ0) is 16.4. The van der Waals surface area contributed by atoms with Crippen LogP contribution < -0.4 is 16.4 Å². The number of fused-ring (bicyclic) bond motifs is 1. The number of nitrogens with two attached hydrogens (primary N) is 1. The monoisotopic (exact) mass is 346 g/mol. The average molecular weight is 346 g/mol. The van der Waals surface area contributed by atoms with E-state index in [1.54, 1.807) is 18.5 Å². The number of benzene rings is 1. The van der Waals surface area contributed by atoms with Crippen molar-refractivity contribution in [3.8, 4) is 11.1 Å². The summed E-state index contributed by atoms with van der Waals surface area (Å²) in [6.07, 6.45) is 5.83. The van der Waals surface area contributed by atoms with Gasteiger partial charge >= 0.3 is 0 Å². The maximum atomic E-state index is 14.4. The summed E-state index contributed by atoms with van der Waals surface area (Å²) >= 11 is 10.0. The molecule has 0 radical (unpaired) electrons. The second kappa shape index (κ2) is 6.55. The van der Waals surface area contributed by atoms with E-state index in [0.29, 0.717) is 5.11 Å². The van der Waals surface area contributed by atoms with Crippen molar-refractivity contribution in [3.63, 3.8) is 0 Å². The van der Waals surface area contributed by atoms with E-state index in [-0.39, 0.29) is 10.9 Å². The van der Waals surface area contributed by atoms with Crippen molar-refractivity contribution in [2.45, 2.75) is 19.3 Å². The molecular weight excluding hydrogens is 331 g/mol. The highest BCUT2D eigenvalue weighted by Gasteiger charge is 2.23. The fourth-order valence-corrected chi connectivity index (χ4v) is 3.27. The van der Waals surface area contributed by atoms with Gasteiger partial charge in [-0.3, -0.25) is 4.98 Å². The van der Waals surface area contributed by atoms with Crippen LogP contribution in [0, 0.1) is 5.82 Å². The molecule has 0 aliphatic heterocycles. The average Bonchev–Trinajstić information content (AvgIpc) is 3.00. The lowest BCUT2D eigenvalue weighted by atomic mass is 9.97. The highest BCUT2D eigenvalue weighted by molar-refractivity contribution is 7.82. The Hall–Kier alpha value is -2.12. The third-order valence-corrected chi connectivity index (χ3v) is 4.12. The zero-order valence-corrected chi connectivity index (χ0v) is 13.9. The molecule has 4 N–H and O–H groups in total. The summed E-state index contributed by atoms with van der Waals surface area (Å²) in [6, 6.07) is 5.22. The van der Waals surface area contributed by atoms with E-state index in [2.05, 4.69) is 15.6 Å². The van der Waals surface area contributed by atoms with Gasteiger partial charge in [-0.25, -0.2) is 4.39 Å². The van der Waals surface area contributed by atoms with Crippen LogP contribution in [0.25, 0.3) is 11.1 Å². The highest BCUT2D eigenvalue weighted by Crippen LogP contribution is 2.39. The number of thiocarbonyl (C=S) groups is 2. The predicted molar refractivity (Wildman–Crippen MR) is 97.8 cm³/mol.